The average Bonchev–Trinajstić information content (AvgIpc) is 3.00. The van der Waals surface area contributed by atoms with E-state index in [2.05, 4.69) is 5.32 Å². The Kier molecular flexibility index (Phi) is 4.80. The highest BCUT2D eigenvalue weighted by Gasteiger charge is 2.34. The molecule has 108 valence electrons. The predicted octanol–water partition coefficient (Wildman–Crippen LogP) is 0.810. The first-order chi connectivity index (χ1) is 9.15. The minimum Gasteiger partial charge on any atom is -0.394 e. The lowest BCUT2D eigenvalue weighted by Crippen LogP contribution is -2.49. The van der Waals surface area contributed by atoms with Crippen LogP contribution in [0, 0.1) is 0 Å². The lowest BCUT2D eigenvalue weighted by Gasteiger charge is -2.28. The van der Waals surface area contributed by atoms with Crippen molar-refractivity contribution >= 4 is 11.8 Å². The Balaban J connectivity index is 1.68. The van der Waals surface area contributed by atoms with Crippen LogP contribution in [0.1, 0.15) is 51.4 Å². The van der Waals surface area contributed by atoms with Crippen LogP contribution < -0.4 is 5.32 Å². The van der Waals surface area contributed by atoms with E-state index in [9.17, 15) is 14.7 Å². The van der Waals surface area contributed by atoms with E-state index in [1.807, 2.05) is 4.90 Å². The van der Waals surface area contributed by atoms with Crippen LogP contribution in [0.2, 0.25) is 0 Å². The van der Waals surface area contributed by atoms with Crippen LogP contribution in [-0.2, 0) is 9.59 Å². The first-order valence-corrected chi connectivity index (χ1v) is 7.35. The van der Waals surface area contributed by atoms with Gasteiger partial charge in [0, 0.05) is 25.9 Å². The van der Waals surface area contributed by atoms with Crippen molar-refractivity contribution in [2.24, 2.45) is 0 Å². The van der Waals surface area contributed by atoms with Crippen LogP contribution in [0.15, 0.2) is 0 Å². The van der Waals surface area contributed by atoms with Gasteiger partial charge < -0.3 is 15.3 Å². The Morgan fingerprint density at radius 3 is 2.63 bits per heavy atom. The molecule has 1 saturated heterocycles. The highest BCUT2D eigenvalue weighted by Crippen LogP contribution is 2.29. The molecule has 0 bridgehead atoms. The average molecular weight is 268 g/mol. The molecule has 19 heavy (non-hydrogen) atoms. The molecule has 2 fully saturated rings. The second kappa shape index (κ2) is 6.37. The summed E-state index contributed by atoms with van der Waals surface area (Å²) in [5.74, 6) is 0.214. The first-order valence-electron chi connectivity index (χ1n) is 7.35. The van der Waals surface area contributed by atoms with Crippen LogP contribution in [0.25, 0.3) is 0 Å². The van der Waals surface area contributed by atoms with E-state index >= 15 is 0 Å². The van der Waals surface area contributed by atoms with Gasteiger partial charge in [-0.05, 0) is 25.7 Å². The largest absolute Gasteiger partial charge is 0.394 e. The van der Waals surface area contributed by atoms with Crippen molar-refractivity contribution in [2.75, 3.05) is 19.7 Å². The number of nitrogens with zero attached hydrogens (tertiary/aromatic N) is 1. The maximum Gasteiger partial charge on any atom is 0.222 e. The molecule has 2 rings (SSSR count). The number of aliphatic hydroxyl groups excluding tert-OH is 1. The molecule has 1 heterocycles. The number of aliphatic hydroxyl groups is 1. The fourth-order valence-corrected chi connectivity index (χ4v) is 3.10. The molecule has 2 N–H and O–H groups in total. The Hall–Kier alpha value is -1.10. The summed E-state index contributed by atoms with van der Waals surface area (Å²) in [6, 6.07) is 0. The minimum atomic E-state index is -0.374. The van der Waals surface area contributed by atoms with Gasteiger partial charge in [-0.1, -0.05) is 12.8 Å². The molecule has 5 nitrogen and oxygen atoms in total. The minimum absolute atomic E-state index is 0.00240. The van der Waals surface area contributed by atoms with Crippen molar-refractivity contribution in [3.8, 4) is 0 Å². The number of nitrogens with one attached hydrogen (secondary N) is 1. The molecule has 0 atom stereocenters. The molecule has 1 aliphatic carbocycles. The van der Waals surface area contributed by atoms with Crippen molar-refractivity contribution in [1.29, 1.82) is 0 Å². The van der Waals surface area contributed by atoms with E-state index in [4.69, 9.17) is 0 Å². The van der Waals surface area contributed by atoms with Crippen molar-refractivity contribution in [1.82, 2.24) is 10.2 Å². The Bertz CT molecular complexity index is 338. The second-order valence-electron chi connectivity index (χ2n) is 5.78. The highest BCUT2D eigenvalue weighted by atomic mass is 16.3. The summed E-state index contributed by atoms with van der Waals surface area (Å²) >= 11 is 0. The van der Waals surface area contributed by atoms with Gasteiger partial charge in [0.15, 0.2) is 0 Å². The van der Waals surface area contributed by atoms with Gasteiger partial charge in [-0.2, -0.15) is 0 Å². The number of carbonyl (C=O) groups is 2. The van der Waals surface area contributed by atoms with Crippen LogP contribution in [-0.4, -0.2) is 47.1 Å². The van der Waals surface area contributed by atoms with Gasteiger partial charge in [0.05, 0.1) is 12.1 Å². The standard InChI is InChI=1S/C14H24N2O3/c17-11-14(7-1-2-8-14)15-12(18)5-3-9-16-10-4-6-13(16)19/h17H,1-11H2,(H,15,18). The van der Waals surface area contributed by atoms with Gasteiger partial charge in [-0.3, -0.25) is 9.59 Å². The third-order valence-corrected chi connectivity index (χ3v) is 4.27. The molecule has 0 aromatic rings. The molecule has 0 unspecified atom stereocenters. The summed E-state index contributed by atoms with van der Waals surface area (Å²) < 4.78 is 0. The third-order valence-electron chi connectivity index (χ3n) is 4.27. The third kappa shape index (κ3) is 3.69. The van der Waals surface area contributed by atoms with E-state index in [1.165, 1.54) is 0 Å². The number of rotatable bonds is 6. The van der Waals surface area contributed by atoms with E-state index in [1.54, 1.807) is 0 Å². The number of carbonyl (C=O) groups excluding carboxylic acids is 2. The summed E-state index contributed by atoms with van der Waals surface area (Å²) in [6.45, 7) is 1.54. The molecule has 5 heteroatoms. The van der Waals surface area contributed by atoms with Gasteiger partial charge in [0.2, 0.25) is 11.8 Å². The number of amides is 2. The fraction of sp³-hybridized carbons (Fsp3) is 0.857. The zero-order valence-corrected chi connectivity index (χ0v) is 11.5. The summed E-state index contributed by atoms with van der Waals surface area (Å²) in [5, 5.41) is 12.4. The molecule has 1 saturated carbocycles. The van der Waals surface area contributed by atoms with Gasteiger partial charge in [0.1, 0.15) is 0 Å². The fourth-order valence-electron chi connectivity index (χ4n) is 3.10. The topological polar surface area (TPSA) is 69.6 Å². The summed E-state index contributed by atoms with van der Waals surface area (Å²) in [5.41, 5.74) is -0.374. The predicted molar refractivity (Wildman–Crippen MR) is 71.5 cm³/mol. The Labute approximate surface area is 114 Å². The summed E-state index contributed by atoms with van der Waals surface area (Å²) in [6.07, 6.45) is 6.63. The molecule has 2 amide bonds. The molecule has 0 radical (unpaired) electrons. The van der Waals surface area contributed by atoms with Gasteiger partial charge >= 0.3 is 0 Å². The first kappa shape index (κ1) is 14.3. The molecular formula is C14H24N2O3. The van der Waals surface area contributed by atoms with Crippen LogP contribution in [0.4, 0.5) is 0 Å². The van der Waals surface area contributed by atoms with E-state index in [0.717, 1.165) is 38.6 Å². The molecule has 0 aromatic heterocycles. The number of likely N-dealkylation sites (tertiary alicyclic amines) is 1. The molecule has 0 aromatic carbocycles. The Morgan fingerprint density at radius 1 is 1.32 bits per heavy atom. The van der Waals surface area contributed by atoms with Crippen LogP contribution in [0.3, 0.4) is 0 Å². The van der Waals surface area contributed by atoms with Crippen LogP contribution in [0.5, 0.6) is 0 Å². The van der Waals surface area contributed by atoms with E-state index in [-0.39, 0.29) is 24.0 Å². The lowest BCUT2D eigenvalue weighted by molar-refractivity contribution is -0.128. The number of hydrogen-bond acceptors (Lipinski definition) is 3. The zero-order valence-electron chi connectivity index (χ0n) is 11.5. The lowest BCUT2D eigenvalue weighted by atomic mass is 9.98. The SMILES string of the molecule is O=C(CCCN1CCCC1=O)NC1(CO)CCCC1. The van der Waals surface area contributed by atoms with Crippen molar-refractivity contribution < 1.29 is 14.7 Å². The van der Waals surface area contributed by atoms with Crippen molar-refractivity contribution in [2.45, 2.75) is 56.9 Å². The highest BCUT2D eigenvalue weighted by molar-refractivity contribution is 5.78. The van der Waals surface area contributed by atoms with E-state index in [0.29, 0.717) is 25.8 Å². The van der Waals surface area contributed by atoms with Gasteiger partial charge in [-0.25, -0.2) is 0 Å². The quantitative estimate of drug-likeness (QED) is 0.749. The smallest absolute Gasteiger partial charge is 0.222 e. The van der Waals surface area contributed by atoms with Crippen molar-refractivity contribution in [3.63, 3.8) is 0 Å². The molecule has 2 aliphatic rings. The monoisotopic (exact) mass is 268 g/mol. The second-order valence-corrected chi connectivity index (χ2v) is 5.78. The van der Waals surface area contributed by atoms with Crippen molar-refractivity contribution in [3.05, 3.63) is 0 Å². The molecule has 0 spiro atoms. The van der Waals surface area contributed by atoms with Gasteiger partial charge in [-0.15, -0.1) is 0 Å². The summed E-state index contributed by atoms with van der Waals surface area (Å²) in [7, 11) is 0. The van der Waals surface area contributed by atoms with Crippen LogP contribution >= 0.6 is 0 Å². The summed E-state index contributed by atoms with van der Waals surface area (Å²) in [4.78, 5) is 25.1. The normalized spacial score (nSPS) is 21.9. The molecule has 1 aliphatic heterocycles. The molecular weight excluding hydrogens is 244 g/mol. The van der Waals surface area contributed by atoms with Gasteiger partial charge in [0.25, 0.3) is 0 Å². The number of hydrogen-bond donors (Lipinski definition) is 2. The maximum atomic E-state index is 11.9. The van der Waals surface area contributed by atoms with E-state index < -0.39 is 0 Å². The zero-order chi connectivity index (χ0) is 13.7. The Morgan fingerprint density at radius 2 is 2.05 bits per heavy atom. The maximum absolute atomic E-state index is 11.9.